The normalized spacial score (nSPS) is 20.8. The van der Waals surface area contributed by atoms with Gasteiger partial charge in [-0.15, -0.1) is 0 Å². The molecule has 0 N–H and O–H groups in total. The first-order chi connectivity index (χ1) is 8.96. The molecule has 1 aliphatic rings. The second-order valence-corrected chi connectivity index (χ2v) is 7.93. The van der Waals surface area contributed by atoms with Gasteiger partial charge in [-0.3, -0.25) is 4.90 Å². The third kappa shape index (κ3) is 4.48. The monoisotopic (exact) mass is 301 g/mol. The van der Waals surface area contributed by atoms with E-state index in [1.54, 1.807) is 0 Å². The number of hydrogen-bond donors (Lipinski definition) is 0. The van der Waals surface area contributed by atoms with E-state index in [1.807, 2.05) is 12.1 Å². The van der Waals surface area contributed by atoms with Gasteiger partial charge >= 0.3 is 0 Å². The van der Waals surface area contributed by atoms with E-state index in [4.69, 9.17) is 11.6 Å². The number of halogens is 1. The van der Waals surface area contributed by atoms with Crippen LogP contribution in [0.25, 0.3) is 0 Å². The molecule has 0 saturated carbocycles. The molecule has 1 atom stereocenters. The maximum Gasteiger partial charge on any atom is 0.147 e. The molecule has 0 aromatic heterocycles. The fourth-order valence-corrected chi connectivity index (χ4v) is 3.47. The van der Waals surface area contributed by atoms with Crippen LogP contribution in [0, 0.1) is 0 Å². The smallest absolute Gasteiger partial charge is 0.147 e. The van der Waals surface area contributed by atoms with Crippen LogP contribution >= 0.6 is 11.6 Å². The molecule has 1 saturated heterocycles. The van der Waals surface area contributed by atoms with E-state index < -0.39 is 9.84 Å². The van der Waals surface area contributed by atoms with Crippen molar-refractivity contribution in [2.75, 3.05) is 25.1 Å². The minimum absolute atomic E-state index is 0.275. The van der Waals surface area contributed by atoms with Crippen LogP contribution in [-0.2, 0) is 9.84 Å². The first-order valence-corrected chi connectivity index (χ1v) is 9.07. The van der Waals surface area contributed by atoms with E-state index in [0.29, 0.717) is 12.5 Å². The SMILES string of the molecule is CS(=O)(=O)CCCN1CCC[C@H]1c1ccc(Cl)cc1. The van der Waals surface area contributed by atoms with Gasteiger partial charge in [0.2, 0.25) is 0 Å². The van der Waals surface area contributed by atoms with Crippen LogP contribution in [0.2, 0.25) is 5.02 Å². The molecule has 1 aliphatic heterocycles. The Balaban J connectivity index is 1.95. The number of sulfone groups is 1. The largest absolute Gasteiger partial charge is 0.296 e. The molecular weight excluding hydrogens is 282 g/mol. The Kier molecular flexibility index (Phi) is 4.87. The first-order valence-electron chi connectivity index (χ1n) is 6.63. The van der Waals surface area contributed by atoms with Gasteiger partial charge in [-0.05, 0) is 50.0 Å². The van der Waals surface area contributed by atoms with Gasteiger partial charge in [-0.2, -0.15) is 0 Å². The van der Waals surface area contributed by atoms with Gasteiger partial charge in [0.25, 0.3) is 0 Å². The number of benzene rings is 1. The van der Waals surface area contributed by atoms with Crippen LogP contribution < -0.4 is 0 Å². The minimum atomic E-state index is -2.85. The van der Waals surface area contributed by atoms with Gasteiger partial charge in [0.15, 0.2) is 0 Å². The van der Waals surface area contributed by atoms with Crippen molar-refractivity contribution in [2.24, 2.45) is 0 Å². The highest BCUT2D eigenvalue weighted by atomic mass is 35.5. The summed E-state index contributed by atoms with van der Waals surface area (Å²) in [4.78, 5) is 2.38. The maximum absolute atomic E-state index is 11.2. The summed E-state index contributed by atoms with van der Waals surface area (Å²) in [6.07, 6.45) is 4.32. The predicted molar refractivity (Wildman–Crippen MR) is 79.3 cm³/mol. The summed E-state index contributed by atoms with van der Waals surface area (Å²) in [6, 6.07) is 8.40. The quantitative estimate of drug-likeness (QED) is 0.839. The van der Waals surface area contributed by atoms with Crippen molar-refractivity contribution >= 4 is 21.4 Å². The summed E-state index contributed by atoms with van der Waals surface area (Å²) in [5.41, 5.74) is 1.28. The van der Waals surface area contributed by atoms with Crippen molar-refractivity contribution < 1.29 is 8.42 Å². The Hall–Kier alpha value is -0.580. The summed E-state index contributed by atoms with van der Waals surface area (Å²) < 4.78 is 22.3. The average molecular weight is 302 g/mol. The lowest BCUT2D eigenvalue weighted by atomic mass is 10.0. The topological polar surface area (TPSA) is 37.4 Å². The molecule has 5 heteroatoms. The third-order valence-electron chi connectivity index (χ3n) is 3.58. The van der Waals surface area contributed by atoms with Crippen LogP contribution in [-0.4, -0.2) is 38.4 Å². The predicted octanol–water partition coefficient (Wildman–Crippen LogP) is 2.91. The molecule has 0 bridgehead atoms. The Morgan fingerprint density at radius 1 is 1.32 bits per heavy atom. The van der Waals surface area contributed by atoms with E-state index in [-0.39, 0.29) is 5.75 Å². The highest BCUT2D eigenvalue weighted by Crippen LogP contribution is 2.32. The molecule has 0 unspecified atom stereocenters. The highest BCUT2D eigenvalue weighted by molar-refractivity contribution is 7.90. The van der Waals surface area contributed by atoms with Crippen LogP contribution in [0.5, 0.6) is 0 Å². The zero-order valence-electron chi connectivity index (χ0n) is 11.2. The van der Waals surface area contributed by atoms with E-state index in [1.165, 1.54) is 18.2 Å². The summed E-state index contributed by atoms with van der Waals surface area (Å²) >= 11 is 5.91. The molecule has 0 radical (unpaired) electrons. The summed E-state index contributed by atoms with van der Waals surface area (Å²) in [7, 11) is -2.85. The third-order valence-corrected chi connectivity index (χ3v) is 4.86. The Bertz CT molecular complexity index is 513. The molecule has 106 valence electrons. The summed E-state index contributed by atoms with van der Waals surface area (Å²) in [5, 5.41) is 0.755. The van der Waals surface area contributed by atoms with Crippen LogP contribution in [0.15, 0.2) is 24.3 Å². The number of rotatable bonds is 5. The molecule has 1 aromatic carbocycles. The van der Waals surface area contributed by atoms with Gasteiger partial charge in [0, 0.05) is 17.3 Å². The number of hydrogen-bond acceptors (Lipinski definition) is 3. The second-order valence-electron chi connectivity index (χ2n) is 5.23. The van der Waals surface area contributed by atoms with E-state index in [2.05, 4.69) is 17.0 Å². The Morgan fingerprint density at radius 2 is 2.00 bits per heavy atom. The highest BCUT2D eigenvalue weighted by Gasteiger charge is 2.25. The van der Waals surface area contributed by atoms with Crippen molar-refractivity contribution in [1.82, 2.24) is 4.90 Å². The zero-order chi connectivity index (χ0) is 13.9. The Morgan fingerprint density at radius 3 is 2.63 bits per heavy atom. The van der Waals surface area contributed by atoms with E-state index >= 15 is 0 Å². The first kappa shape index (κ1) is 14.8. The average Bonchev–Trinajstić information content (AvgIpc) is 2.77. The van der Waals surface area contributed by atoms with Crippen LogP contribution in [0.3, 0.4) is 0 Å². The molecule has 0 amide bonds. The fraction of sp³-hybridized carbons (Fsp3) is 0.571. The van der Waals surface area contributed by atoms with Crippen LogP contribution in [0.1, 0.15) is 30.9 Å². The summed E-state index contributed by atoms with van der Waals surface area (Å²) in [5.74, 6) is 0.275. The van der Waals surface area contributed by atoms with Crippen molar-refractivity contribution in [2.45, 2.75) is 25.3 Å². The molecule has 0 spiro atoms. The zero-order valence-corrected chi connectivity index (χ0v) is 12.8. The molecule has 0 aliphatic carbocycles. The maximum atomic E-state index is 11.2. The van der Waals surface area contributed by atoms with E-state index in [0.717, 1.165) is 24.5 Å². The lowest BCUT2D eigenvalue weighted by Crippen LogP contribution is -2.25. The fourth-order valence-electron chi connectivity index (χ4n) is 2.69. The molecule has 1 aromatic rings. The Labute approximate surface area is 120 Å². The minimum Gasteiger partial charge on any atom is -0.296 e. The number of nitrogens with zero attached hydrogens (tertiary/aromatic N) is 1. The van der Waals surface area contributed by atoms with Crippen molar-refractivity contribution in [3.05, 3.63) is 34.9 Å². The van der Waals surface area contributed by atoms with Crippen molar-refractivity contribution in [3.8, 4) is 0 Å². The van der Waals surface area contributed by atoms with Gasteiger partial charge < -0.3 is 0 Å². The number of likely N-dealkylation sites (tertiary alicyclic amines) is 1. The lowest BCUT2D eigenvalue weighted by molar-refractivity contribution is 0.258. The standard InChI is InChI=1S/C14H20ClNO2S/c1-19(17,18)11-3-10-16-9-2-4-14(16)12-5-7-13(15)8-6-12/h5-8,14H,2-4,9-11H2,1H3/t14-/m0/s1. The summed E-state index contributed by atoms with van der Waals surface area (Å²) in [6.45, 7) is 1.90. The second kappa shape index (κ2) is 6.25. The van der Waals surface area contributed by atoms with Crippen LogP contribution in [0.4, 0.5) is 0 Å². The van der Waals surface area contributed by atoms with Gasteiger partial charge in [0.1, 0.15) is 9.84 Å². The van der Waals surface area contributed by atoms with Gasteiger partial charge in [0.05, 0.1) is 5.75 Å². The molecule has 3 nitrogen and oxygen atoms in total. The molecule has 1 fully saturated rings. The van der Waals surface area contributed by atoms with Gasteiger partial charge in [-0.1, -0.05) is 23.7 Å². The molecule has 2 rings (SSSR count). The lowest BCUT2D eigenvalue weighted by Gasteiger charge is -2.24. The van der Waals surface area contributed by atoms with Gasteiger partial charge in [-0.25, -0.2) is 8.42 Å². The van der Waals surface area contributed by atoms with E-state index in [9.17, 15) is 8.42 Å². The molecular formula is C14H20ClNO2S. The van der Waals surface area contributed by atoms with Crippen molar-refractivity contribution in [3.63, 3.8) is 0 Å². The van der Waals surface area contributed by atoms with Crippen molar-refractivity contribution in [1.29, 1.82) is 0 Å². The molecule has 1 heterocycles. The molecule has 19 heavy (non-hydrogen) atoms.